The predicted octanol–water partition coefficient (Wildman–Crippen LogP) is 4.47. The summed E-state index contributed by atoms with van der Waals surface area (Å²) in [7, 11) is 0. The van der Waals surface area contributed by atoms with Crippen molar-refractivity contribution in [3.05, 3.63) is 0 Å². The number of hydrogen-bond acceptors (Lipinski definition) is 6. The summed E-state index contributed by atoms with van der Waals surface area (Å²) in [6, 6.07) is 0. The summed E-state index contributed by atoms with van der Waals surface area (Å²) in [6.45, 7) is 0. The van der Waals surface area contributed by atoms with E-state index < -0.39 is 17.9 Å². The van der Waals surface area contributed by atoms with E-state index in [2.05, 4.69) is 17.8 Å². The molecule has 0 aliphatic heterocycles. The maximum absolute atomic E-state index is 10.0. The number of carboxylic acid groups (broad SMARTS) is 3. The number of aliphatic carboxylic acids is 3. The van der Waals surface area contributed by atoms with E-state index in [1.165, 1.54) is 0 Å². The van der Waals surface area contributed by atoms with Gasteiger partial charge in [-0.15, -0.1) is 37.0 Å². The Hall–Kier alpha value is -2.17. The van der Waals surface area contributed by atoms with Gasteiger partial charge in [-0.2, -0.15) is 0 Å². The number of hydrogen-bond donors (Lipinski definition) is 0. The van der Waals surface area contributed by atoms with Gasteiger partial charge in [-0.3, -0.25) is 0 Å². The third kappa shape index (κ3) is 56.1. The largest absolute Gasteiger partial charge is 3.00 e. The van der Waals surface area contributed by atoms with Gasteiger partial charge in [-0.05, 0) is 57.8 Å². The molecular formula is C33H51AuO6. The van der Waals surface area contributed by atoms with Crippen LogP contribution in [0.4, 0.5) is 0 Å². The molecule has 0 aliphatic carbocycles. The number of carboxylic acids is 3. The van der Waals surface area contributed by atoms with Crippen LogP contribution in [0.2, 0.25) is 0 Å². The van der Waals surface area contributed by atoms with Crippen molar-refractivity contribution in [2.75, 3.05) is 0 Å². The van der Waals surface area contributed by atoms with E-state index in [0.29, 0.717) is 0 Å². The second-order valence-corrected chi connectivity index (χ2v) is 9.59. The van der Waals surface area contributed by atoms with Crippen LogP contribution in [0, 0.1) is 37.0 Å². The van der Waals surface area contributed by atoms with Crippen LogP contribution in [0.15, 0.2) is 0 Å². The van der Waals surface area contributed by atoms with Crippen LogP contribution in [-0.2, 0) is 36.8 Å². The van der Waals surface area contributed by atoms with Gasteiger partial charge < -0.3 is 29.7 Å². The topological polar surface area (TPSA) is 120 Å². The van der Waals surface area contributed by atoms with E-state index in [4.69, 9.17) is 19.3 Å². The summed E-state index contributed by atoms with van der Waals surface area (Å²) < 4.78 is 0. The molecule has 6 nitrogen and oxygen atoms in total. The summed E-state index contributed by atoms with van der Waals surface area (Å²) in [4.78, 5) is 30.1. The molecule has 0 heterocycles. The first-order valence-corrected chi connectivity index (χ1v) is 14.7. The van der Waals surface area contributed by atoms with Gasteiger partial charge in [0, 0.05) is 37.2 Å². The van der Waals surface area contributed by atoms with E-state index >= 15 is 0 Å². The fourth-order valence-corrected chi connectivity index (χ4v) is 3.61. The third-order valence-electron chi connectivity index (χ3n) is 5.86. The first-order valence-electron chi connectivity index (χ1n) is 14.7. The predicted molar refractivity (Wildman–Crippen MR) is 152 cm³/mol. The van der Waals surface area contributed by atoms with Crippen molar-refractivity contribution in [2.45, 2.75) is 154 Å². The minimum Gasteiger partial charge on any atom is -0.550 e. The van der Waals surface area contributed by atoms with E-state index in [1.807, 2.05) is 0 Å². The molecule has 0 amide bonds. The van der Waals surface area contributed by atoms with Crippen molar-refractivity contribution >= 4 is 17.9 Å². The van der Waals surface area contributed by atoms with Crippen LogP contribution in [-0.4, -0.2) is 17.9 Å². The van der Waals surface area contributed by atoms with Crippen LogP contribution in [0.3, 0.4) is 0 Å². The molecule has 230 valence electrons. The fraction of sp³-hybridized carbons (Fsp3) is 0.727. The number of terminal acetylenes is 3. The molecule has 0 aromatic rings. The van der Waals surface area contributed by atoms with Crippen LogP contribution < -0.4 is 15.3 Å². The van der Waals surface area contributed by atoms with Gasteiger partial charge in [0.1, 0.15) is 0 Å². The molecule has 0 saturated heterocycles. The van der Waals surface area contributed by atoms with Gasteiger partial charge in [0.25, 0.3) is 0 Å². The Balaban J connectivity index is -0.000000240. The fourth-order valence-electron chi connectivity index (χ4n) is 3.61. The summed E-state index contributed by atoms with van der Waals surface area (Å²) in [5.74, 6) is 4.98. The molecule has 0 unspecified atom stereocenters. The molecule has 0 aromatic carbocycles. The number of unbranched alkanes of at least 4 members (excludes halogenated alkanes) is 18. The van der Waals surface area contributed by atoms with Crippen molar-refractivity contribution in [3.63, 3.8) is 0 Å². The minimum absolute atomic E-state index is 0. The van der Waals surface area contributed by atoms with Gasteiger partial charge >= 0.3 is 22.4 Å². The third-order valence-corrected chi connectivity index (χ3v) is 5.86. The molecule has 0 fully saturated rings. The van der Waals surface area contributed by atoms with Crippen LogP contribution >= 0.6 is 0 Å². The van der Waals surface area contributed by atoms with E-state index in [1.54, 1.807) is 0 Å². The maximum atomic E-state index is 10.0. The van der Waals surface area contributed by atoms with Gasteiger partial charge in [0.05, 0.1) is 0 Å². The monoisotopic (exact) mass is 740 g/mol. The molecule has 0 rings (SSSR count). The molecule has 40 heavy (non-hydrogen) atoms. The zero-order chi connectivity index (χ0) is 29.8. The van der Waals surface area contributed by atoms with Gasteiger partial charge in [0.15, 0.2) is 0 Å². The van der Waals surface area contributed by atoms with Crippen LogP contribution in [0.5, 0.6) is 0 Å². The first kappa shape index (κ1) is 44.8. The Bertz CT molecular complexity index is 604. The summed E-state index contributed by atoms with van der Waals surface area (Å²) in [6.07, 6.45) is 37.3. The Morgan fingerprint density at radius 2 is 0.550 bits per heavy atom. The van der Waals surface area contributed by atoms with E-state index in [-0.39, 0.29) is 41.6 Å². The number of carbonyl (C=O) groups excluding carboxylic acids is 3. The van der Waals surface area contributed by atoms with Crippen molar-refractivity contribution in [1.82, 2.24) is 0 Å². The molecule has 0 aliphatic rings. The van der Waals surface area contributed by atoms with Gasteiger partial charge in [-0.25, -0.2) is 0 Å². The normalized spacial score (nSPS) is 9.22. The standard InChI is InChI=1S/3C11H18O2.Au/c3*1-2-3-4-5-6-7-8-9-10-11(12)13;/h3*1H,3-10H2,(H,12,13);/q;;;+3/p-3. The summed E-state index contributed by atoms with van der Waals surface area (Å²) in [5.41, 5.74) is 0. The first-order chi connectivity index (χ1) is 18.8. The van der Waals surface area contributed by atoms with E-state index in [0.717, 1.165) is 135 Å². The Kier molecular flexibility index (Phi) is 46.3. The summed E-state index contributed by atoms with van der Waals surface area (Å²) >= 11 is 0. The van der Waals surface area contributed by atoms with Crippen LogP contribution in [0.1, 0.15) is 154 Å². The molecule has 0 saturated carbocycles. The Morgan fingerprint density at radius 3 is 0.725 bits per heavy atom. The van der Waals surface area contributed by atoms with Crippen molar-refractivity contribution in [1.29, 1.82) is 0 Å². The van der Waals surface area contributed by atoms with Gasteiger partial charge in [-0.1, -0.05) is 77.0 Å². The average Bonchev–Trinajstić information content (AvgIpc) is 2.89. The van der Waals surface area contributed by atoms with Crippen molar-refractivity contribution in [2.24, 2.45) is 0 Å². The SMILES string of the molecule is C#CCCCCCCCCC(=O)[O-].C#CCCCCCCCCC(=O)[O-].C#CCCCCCCCCC(=O)[O-].[Au+3]. The molecule has 0 N–H and O–H groups in total. The molecular weight excluding hydrogens is 689 g/mol. The average molecular weight is 741 g/mol. The number of carbonyl (C=O) groups is 3. The molecule has 0 bridgehead atoms. The van der Waals surface area contributed by atoms with Crippen molar-refractivity contribution in [3.8, 4) is 37.0 Å². The summed E-state index contributed by atoms with van der Waals surface area (Å²) in [5, 5.41) is 30.1. The van der Waals surface area contributed by atoms with Gasteiger partial charge in [0.2, 0.25) is 0 Å². The molecule has 0 aromatic heterocycles. The quantitative estimate of drug-likeness (QED) is 0.0819. The second-order valence-electron chi connectivity index (χ2n) is 9.59. The molecule has 0 radical (unpaired) electrons. The number of rotatable bonds is 24. The zero-order valence-corrected chi connectivity index (χ0v) is 26.6. The Morgan fingerprint density at radius 1 is 0.375 bits per heavy atom. The minimum atomic E-state index is -0.938. The van der Waals surface area contributed by atoms with E-state index in [9.17, 15) is 29.7 Å². The molecule has 0 spiro atoms. The van der Waals surface area contributed by atoms with Crippen molar-refractivity contribution < 1.29 is 52.1 Å². The second kappa shape index (κ2) is 41.3. The zero-order valence-electron chi connectivity index (χ0n) is 24.5. The maximum Gasteiger partial charge on any atom is 3.00 e. The molecule has 7 heteroatoms. The Labute approximate surface area is 260 Å². The molecule has 0 atom stereocenters. The van der Waals surface area contributed by atoms with Crippen LogP contribution in [0.25, 0.3) is 0 Å². The smallest absolute Gasteiger partial charge is 0.550 e.